The second kappa shape index (κ2) is 4.63. The highest BCUT2D eigenvalue weighted by Crippen LogP contribution is 2.22. The van der Waals surface area contributed by atoms with Crippen molar-refractivity contribution in [3.05, 3.63) is 18.2 Å². The van der Waals surface area contributed by atoms with E-state index in [0.29, 0.717) is 16.7 Å². The van der Waals surface area contributed by atoms with Crippen LogP contribution in [0.25, 0.3) is 11.0 Å². The summed E-state index contributed by atoms with van der Waals surface area (Å²) in [6.07, 6.45) is -6.06. The number of benzene rings is 1. The van der Waals surface area contributed by atoms with E-state index in [1.807, 2.05) is 0 Å². The lowest BCUT2D eigenvalue weighted by molar-refractivity contribution is -0.142. The van der Waals surface area contributed by atoms with Crippen molar-refractivity contribution in [2.45, 2.75) is 19.0 Å². The Labute approximate surface area is 99.4 Å². The van der Waals surface area contributed by atoms with Gasteiger partial charge in [0.1, 0.15) is 11.0 Å². The molecule has 0 saturated heterocycles. The zero-order chi connectivity index (χ0) is 13.2. The molecule has 1 amide bonds. The van der Waals surface area contributed by atoms with E-state index in [1.165, 1.54) is 6.07 Å². The lowest BCUT2D eigenvalue weighted by atomic mass is 10.2. The summed E-state index contributed by atoms with van der Waals surface area (Å²) in [5, 5.41) is 12.4. The first kappa shape index (κ1) is 12.3. The number of hydrogen-bond donors (Lipinski definition) is 2. The first-order chi connectivity index (χ1) is 8.44. The van der Waals surface area contributed by atoms with Crippen LogP contribution in [-0.4, -0.2) is 27.5 Å². The van der Waals surface area contributed by atoms with Crippen LogP contribution < -0.4 is 5.32 Å². The molecule has 0 aliphatic rings. The molecule has 1 heterocycles. The Morgan fingerprint density at radius 2 is 2.00 bits per heavy atom. The Hall–Kier alpha value is -2.12. The highest BCUT2D eigenvalue weighted by molar-refractivity contribution is 5.92. The number of nitrogens with one attached hydrogen (secondary N) is 2. The van der Waals surface area contributed by atoms with Gasteiger partial charge in [0, 0.05) is 12.1 Å². The van der Waals surface area contributed by atoms with Crippen molar-refractivity contribution in [1.29, 1.82) is 0 Å². The Morgan fingerprint density at radius 3 is 2.72 bits per heavy atom. The third kappa shape index (κ3) is 3.19. The molecule has 2 N–H and O–H groups in total. The number of amides is 1. The molecule has 18 heavy (non-hydrogen) atoms. The summed E-state index contributed by atoms with van der Waals surface area (Å²) in [5.41, 5.74) is 1.54. The van der Waals surface area contributed by atoms with Crippen LogP contribution in [0.15, 0.2) is 18.2 Å². The third-order valence-electron chi connectivity index (χ3n) is 2.24. The Kier molecular flexibility index (Phi) is 3.17. The lowest BCUT2D eigenvalue weighted by Gasteiger charge is -2.07. The van der Waals surface area contributed by atoms with Crippen molar-refractivity contribution < 1.29 is 18.0 Å². The second-order valence-corrected chi connectivity index (χ2v) is 3.69. The summed E-state index contributed by atoms with van der Waals surface area (Å²) in [4.78, 5) is 11.3. The monoisotopic (exact) mass is 258 g/mol. The fourth-order valence-electron chi connectivity index (χ4n) is 1.40. The van der Waals surface area contributed by atoms with E-state index < -0.39 is 24.9 Å². The molecule has 2 aromatic rings. The van der Waals surface area contributed by atoms with Crippen molar-refractivity contribution in [3.8, 4) is 0 Å². The maximum absolute atomic E-state index is 11.9. The molecule has 0 aliphatic carbocycles. The number of carbonyl (C=O) groups excluding carboxylic acids is 1. The van der Waals surface area contributed by atoms with Gasteiger partial charge in [0.25, 0.3) is 0 Å². The van der Waals surface area contributed by atoms with Gasteiger partial charge in [0.05, 0.1) is 6.42 Å². The van der Waals surface area contributed by atoms with Crippen molar-refractivity contribution >= 4 is 22.6 Å². The standard InChI is InChI=1S/C10H9F3N4O/c11-10(12,13)4-3-9(18)14-6-1-2-7-8(5-6)16-17-15-7/h1-2,5H,3-4H2,(H,14,18)(H,15,16,17). The molecule has 1 aromatic carbocycles. The number of rotatable bonds is 3. The van der Waals surface area contributed by atoms with Gasteiger partial charge in [-0.05, 0) is 18.2 Å². The molecule has 0 atom stereocenters. The number of fused-ring (bicyclic) bond motifs is 1. The predicted molar refractivity (Wildman–Crippen MR) is 57.8 cm³/mol. The number of nitrogens with zero attached hydrogens (tertiary/aromatic N) is 2. The van der Waals surface area contributed by atoms with Crippen LogP contribution in [-0.2, 0) is 4.79 Å². The number of H-pyrrole nitrogens is 1. The predicted octanol–water partition coefficient (Wildman–Crippen LogP) is 2.24. The van der Waals surface area contributed by atoms with E-state index in [2.05, 4.69) is 20.7 Å². The van der Waals surface area contributed by atoms with Crippen LogP contribution in [0.2, 0.25) is 0 Å². The third-order valence-corrected chi connectivity index (χ3v) is 2.24. The number of hydrogen-bond acceptors (Lipinski definition) is 3. The number of alkyl halides is 3. The highest BCUT2D eigenvalue weighted by atomic mass is 19.4. The molecule has 0 unspecified atom stereocenters. The van der Waals surface area contributed by atoms with Crippen LogP contribution in [0.5, 0.6) is 0 Å². The largest absolute Gasteiger partial charge is 0.389 e. The second-order valence-electron chi connectivity index (χ2n) is 3.69. The highest BCUT2D eigenvalue weighted by Gasteiger charge is 2.27. The molecule has 0 aliphatic heterocycles. The zero-order valence-corrected chi connectivity index (χ0v) is 9.08. The van der Waals surface area contributed by atoms with E-state index in [-0.39, 0.29) is 0 Å². The summed E-state index contributed by atoms with van der Waals surface area (Å²) in [7, 11) is 0. The fraction of sp³-hybridized carbons (Fsp3) is 0.300. The number of anilines is 1. The van der Waals surface area contributed by atoms with E-state index in [9.17, 15) is 18.0 Å². The average molecular weight is 258 g/mol. The molecule has 5 nitrogen and oxygen atoms in total. The normalized spacial score (nSPS) is 11.7. The SMILES string of the molecule is O=C(CCC(F)(F)F)Nc1ccc2n[nH]nc2c1. The van der Waals surface area contributed by atoms with Crippen LogP contribution in [0, 0.1) is 0 Å². The summed E-state index contributed by atoms with van der Waals surface area (Å²) in [5.74, 6) is -0.685. The average Bonchev–Trinajstić information content (AvgIpc) is 2.72. The van der Waals surface area contributed by atoms with Crippen LogP contribution in [0.1, 0.15) is 12.8 Å². The summed E-state index contributed by atoms with van der Waals surface area (Å²) in [6.45, 7) is 0. The number of aromatic amines is 1. The summed E-state index contributed by atoms with van der Waals surface area (Å²) in [6, 6.07) is 4.69. The molecule has 0 spiro atoms. The Bertz CT molecular complexity index is 563. The minimum absolute atomic E-state index is 0.392. The van der Waals surface area contributed by atoms with Gasteiger partial charge in [0.2, 0.25) is 5.91 Å². The number of aromatic nitrogens is 3. The molecule has 1 aromatic heterocycles. The van der Waals surface area contributed by atoms with Gasteiger partial charge in [-0.3, -0.25) is 4.79 Å². The minimum atomic E-state index is -4.33. The maximum Gasteiger partial charge on any atom is 0.389 e. The lowest BCUT2D eigenvalue weighted by Crippen LogP contribution is -2.16. The van der Waals surface area contributed by atoms with Gasteiger partial charge in [0.15, 0.2) is 0 Å². The van der Waals surface area contributed by atoms with E-state index in [4.69, 9.17) is 0 Å². The van der Waals surface area contributed by atoms with Crippen molar-refractivity contribution in [2.75, 3.05) is 5.32 Å². The number of halogens is 3. The Morgan fingerprint density at radius 1 is 1.28 bits per heavy atom. The molecule has 96 valence electrons. The zero-order valence-electron chi connectivity index (χ0n) is 9.08. The quantitative estimate of drug-likeness (QED) is 0.886. The molecule has 0 bridgehead atoms. The first-order valence-electron chi connectivity index (χ1n) is 5.11. The van der Waals surface area contributed by atoms with Gasteiger partial charge >= 0.3 is 6.18 Å². The Balaban J connectivity index is 1.98. The van der Waals surface area contributed by atoms with E-state index >= 15 is 0 Å². The maximum atomic E-state index is 11.9. The summed E-state index contributed by atoms with van der Waals surface area (Å²) < 4.78 is 35.8. The van der Waals surface area contributed by atoms with Crippen LogP contribution in [0.4, 0.5) is 18.9 Å². The summed E-state index contributed by atoms with van der Waals surface area (Å²) >= 11 is 0. The molecular weight excluding hydrogens is 249 g/mol. The topological polar surface area (TPSA) is 70.7 Å². The van der Waals surface area contributed by atoms with Gasteiger partial charge in [-0.1, -0.05) is 0 Å². The van der Waals surface area contributed by atoms with E-state index in [1.54, 1.807) is 12.1 Å². The van der Waals surface area contributed by atoms with Crippen molar-refractivity contribution in [1.82, 2.24) is 15.4 Å². The van der Waals surface area contributed by atoms with Crippen LogP contribution in [0.3, 0.4) is 0 Å². The number of carbonyl (C=O) groups is 1. The smallest absolute Gasteiger partial charge is 0.326 e. The van der Waals surface area contributed by atoms with E-state index in [0.717, 1.165) is 0 Å². The fourth-order valence-corrected chi connectivity index (χ4v) is 1.40. The minimum Gasteiger partial charge on any atom is -0.326 e. The van der Waals surface area contributed by atoms with Crippen molar-refractivity contribution in [3.63, 3.8) is 0 Å². The first-order valence-corrected chi connectivity index (χ1v) is 5.11. The van der Waals surface area contributed by atoms with Gasteiger partial charge < -0.3 is 5.32 Å². The van der Waals surface area contributed by atoms with Crippen LogP contribution >= 0.6 is 0 Å². The molecule has 0 saturated carbocycles. The molecule has 0 radical (unpaired) electrons. The van der Waals surface area contributed by atoms with Gasteiger partial charge in [-0.25, -0.2) is 0 Å². The molecular formula is C10H9F3N4O. The van der Waals surface area contributed by atoms with Gasteiger partial charge in [-0.2, -0.15) is 28.6 Å². The van der Waals surface area contributed by atoms with Gasteiger partial charge in [-0.15, -0.1) is 0 Å². The molecule has 0 fully saturated rings. The molecule has 8 heteroatoms. The van der Waals surface area contributed by atoms with Crippen molar-refractivity contribution in [2.24, 2.45) is 0 Å². The molecule has 2 rings (SSSR count).